The zero-order valence-electron chi connectivity index (χ0n) is 15.8. The second-order valence-corrected chi connectivity index (χ2v) is 6.98. The average Bonchev–Trinajstić information content (AvgIpc) is 3.04. The standard InChI is InChI=1S/C22H23N3O3/c1-28-19-9-7-16(8-10-19)23-17-11-13-24(14-12-17)20-15-21(26)25(22(20)27)18-5-3-2-4-6-18/h2-10,15,17,23H,11-14H2,1H3. The SMILES string of the molecule is COc1ccc(NC2CCN(C3=CC(=O)N(c4ccccc4)C3=O)CC2)cc1. The highest BCUT2D eigenvalue weighted by Gasteiger charge is 2.36. The largest absolute Gasteiger partial charge is 0.497 e. The van der Waals surface area contributed by atoms with E-state index in [2.05, 4.69) is 5.32 Å². The summed E-state index contributed by atoms with van der Waals surface area (Å²) in [5.41, 5.74) is 2.16. The molecule has 0 saturated carbocycles. The fraction of sp³-hybridized carbons (Fsp3) is 0.273. The molecular weight excluding hydrogens is 354 g/mol. The molecule has 2 aliphatic heterocycles. The first-order valence-corrected chi connectivity index (χ1v) is 9.46. The van der Waals surface area contributed by atoms with E-state index in [9.17, 15) is 9.59 Å². The van der Waals surface area contributed by atoms with E-state index in [1.165, 1.54) is 11.0 Å². The molecule has 1 fully saturated rings. The number of methoxy groups -OCH3 is 1. The molecule has 2 amide bonds. The minimum atomic E-state index is -0.273. The number of ether oxygens (including phenoxy) is 1. The lowest BCUT2D eigenvalue weighted by Gasteiger charge is -2.34. The van der Waals surface area contributed by atoms with Crippen LogP contribution in [0, 0.1) is 0 Å². The maximum absolute atomic E-state index is 12.8. The third-order valence-electron chi connectivity index (χ3n) is 5.21. The van der Waals surface area contributed by atoms with Gasteiger partial charge in [-0.1, -0.05) is 18.2 Å². The van der Waals surface area contributed by atoms with E-state index in [1.54, 1.807) is 19.2 Å². The first-order chi connectivity index (χ1) is 13.7. The summed E-state index contributed by atoms with van der Waals surface area (Å²) in [7, 11) is 1.65. The van der Waals surface area contributed by atoms with Gasteiger partial charge in [-0.15, -0.1) is 0 Å². The molecule has 2 heterocycles. The number of anilines is 2. The van der Waals surface area contributed by atoms with Gasteiger partial charge in [0.15, 0.2) is 0 Å². The summed E-state index contributed by atoms with van der Waals surface area (Å²) in [4.78, 5) is 28.5. The van der Waals surface area contributed by atoms with Crippen LogP contribution < -0.4 is 15.0 Å². The van der Waals surface area contributed by atoms with E-state index in [0.717, 1.165) is 37.4 Å². The Morgan fingerprint density at radius 2 is 1.64 bits per heavy atom. The number of nitrogens with zero attached hydrogens (tertiary/aromatic N) is 2. The molecule has 6 heteroatoms. The zero-order valence-corrected chi connectivity index (χ0v) is 15.8. The quantitative estimate of drug-likeness (QED) is 0.812. The van der Waals surface area contributed by atoms with Crippen LogP contribution in [0.4, 0.5) is 11.4 Å². The van der Waals surface area contributed by atoms with Gasteiger partial charge >= 0.3 is 0 Å². The number of piperidine rings is 1. The lowest BCUT2D eigenvalue weighted by molar-refractivity contribution is -0.121. The number of hydrogen-bond donors (Lipinski definition) is 1. The zero-order chi connectivity index (χ0) is 19.5. The van der Waals surface area contributed by atoms with Crippen LogP contribution in [0.1, 0.15) is 12.8 Å². The van der Waals surface area contributed by atoms with Gasteiger partial charge in [0, 0.05) is 30.9 Å². The van der Waals surface area contributed by atoms with Crippen molar-refractivity contribution < 1.29 is 14.3 Å². The molecule has 2 aromatic rings. The highest BCUT2D eigenvalue weighted by molar-refractivity contribution is 6.30. The van der Waals surface area contributed by atoms with Crippen LogP contribution in [0.3, 0.4) is 0 Å². The van der Waals surface area contributed by atoms with Crippen LogP contribution in [0.5, 0.6) is 5.75 Å². The number of imide groups is 1. The summed E-state index contributed by atoms with van der Waals surface area (Å²) in [5.74, 6) is 0.321. The number of nitrogens with one attached hydrogen (secondary N) is 1. The van der Waals surface area contributed by atoms with Crippen molar-refractivity contribution in [3.05, 3.63) is 66.4 Å². The Hall–Kier alpha value is -3.28. The lowest BCUT2D eigenvalue weighted by atomic mass is 10.0. The minimum absolute atomic E-state index is 0.238. The molecule has 0 unspecified atom stereocenters. The summed E-state index contributed by atoms with van der Waals surface area (Å²) in [6.45, 7) is 1.47. The van der Waals surface area contributed by atoms with E-state index < -0.39 is 0 Å². The van der Waals surface area contributed by atoms with Crippen molar-refractivity contribution in [1.29, 1.82) is 0 Å². The Balaban J connectivity index is 1.36. The Labute approximate surface area is 164 Å². The number of amides is 2. The van der Waals surface area contributed by atoms with Crippen LogP contribution in [0.25, 0.3) is 0 Å². The average molecular weight is 377 g/mol. The summed E-state index contributed by atoms with van der Waals surface area (Å²) in [5, 5.41) is 3.53. The smallest absolute Gasteiger partial charge is 0.281 e. The number of likely N-dealkylation sites (tertiary alicyclic amines) is 1. The van der Waals surface area contributed by atoms with Crippen LogP contribution in [-0.4, -0.2) is 43.0 Å². The highest BCUT2D eigenvalue weighted by atomic mass is 16.5. The van der Waals surface area contributed by atoms with E-state index in [4.69, 9.17) is 4.74 Å². The first-order valence-electron chi connectivity index (χ1n) is 9.46. The van der Waals surface area contributed by atoms with Gasteiger partial charge in [0.25, 0.3) is 11.8 Å². The summed E-state index contributed by atoms with van der Waals surface area (Å²) >= 11 is 0. The van der Waals surface area contributed by atoms with Crippen molar-refractivity contribution in [2.24, 2.45) is 0 Å². The molecule has 0 aliphatic carbocycles. The van der Waals surface area contributed by atoms with Gasteiger partial charge < -0.3 is 15.0 Å². The molecule has 4 rings (SSSR count). The second-order valence-electron chi connectivity index (χ2n) is 6.98. The fourth-order valence-electron chi connectivity index (χ4n) is 3.69. The fourth-order valence-corrected chi connectivity index (χ4v) is 3.69. The third kappa shape index (κ3) is 3.58. The topological polar surface area (TPSA) is 61.9 Å². The van der Waals surface area contributed by atoms with Gasteiger partial charge in [0.1, 0.15) is 11.4 Å². The molecule has 2 aromatic carbocycles. The highest BCUT2D eigenvalue weighted by Crippen LogP contribution is 2.27. The molecule has 144 valence electrons. The number of carbonyl (C=O) groups excluding carboxylic acids is 2. The molecule has 0 bridgehead atoms. The summed E-state index contributed by atoms with van der Waals surface area (Å²) in [6.07, 6.45) is 3.26. The Morgan fingerprint density at radius 1 is 0.964 bits per heavy atom. The van der Waals surface area contributed by atoms with Gasteiger partial charge in [-0.3, -0.25) is 9.59 Å². The van der Waals surface area contributed by atoms with Crippen molar-refractivity contribution in [2.45, 2.75) is 18.9 Å². The normalized spacial score (nSPS) is 17.7. The molecule has 28 heavy (non-hydrogen) atoms. The molecular formula is C22H23N3O3. The maximum atomic E-state index is 12.8. The molecule has 0 radical (unpaired) electrons. The van der Waals surface area contributed by atoms with Gasteiger partial charge in [-0.2, -0.15) is 0 Å². The Bertz CT molecular complexity index is 885. The number of para-hydroxylation sites is 1. The van der Waals surface area contributed by atoms with E-state index in [1.807, 2.05) is 47.4 Å². The number of rotatable bonds is 5. The van der Waals surface area contributed by atoms with Crippen molar-refractivity contribution >= 4 is 23.2 Å². The van der Waals surface area contributed by atoms with E-state index in [-0.39, 0.29) is 11.8 Å². The molecule has 2 aliphatic rings. The Morgan fingerprint density at radius 3 is 2.29 bits per heavy atom. The predicted molar refractivity (Wildman–Crippen MR) is 108 cm³/mol. The number of carbonyl (C=O) groups is 2. The molecule has 0 aromatic heterocycles. The van der Waals surface area contributed by atoms with Crippen molar-refractivity contribution in [1.82, 2.24) is 4.90 Å². The Kier molecular flexibility index (Phi) is 5.02. The molecule has 0 spiro atoms. The van der Waals surface area contributed by atoms with Crippen LogP contribution in [0.15, 0.2) is 66.4 Å². The molecule has 1 N–H and O–H groups in total. The molecule has 1 saturated heterocycles. The second kappa shape index (κ2) is 7.76. The lowest BCUT2D eigenvalue weighted by Crippen LogP contribution is -2.41. The third-order valence-corrected chi connectivity index (χ3v) is 5.21. The first kappa shape index (κ1) is 18.1. The van der Waals surface area contributed by atoms with Crippen molar-refractivity contribution in [2.75, 3.05) is 30.4 Å². The molecule has 6 nitrogen and oxygen atoms in total. The molecule has 0 atom stereocenters. The van der Waals surface area contributed by atoms with Crippen molar-refractivity contribution in [3.8, 4) is 5.75 Å². The van der Waals surface area contributed by atoms with Crippen molar-refractivity contribution in [3.63, 3.8) is 0 Å². The number of benzene rings is 2. The van der Waals surface area contributed by atoms with E-state index in [0.29, 0.717) is 17.4 Å². The monoisotopic (exact) mass is 377 g/mol. The van der Waals surface area contributed by atoms with Gasteiger partial charge in [0.2, 0.25) is 0 Å². The van der Waals surface area contributed by atoms with Gasteiger partial charge in [0.05, 0.1) is 12.8 Å². The van der Waals surface area contributed by atoms with Crippen LogP contribution in [0.2, 0.25) is 0 Å². The minimum Gasteiger partial charge on any atom is -0.497 e. The van der Waals surface area contributed by atoms with Gasteiger partial charge in [-0.25, -0.2) is 4.90 Å². The number of hydrogen-bond acceptors (Lipinski definition) is 5. The maximum Gasteiger partial charge on any atom is 0.281 e. The van der Waals surface area contributed by atoms with Crippen LogP contribution >= 0.6 is 0 Å². The van der Waals surface area contributed by atoms with E-state index >= 15 is 0 Å². The van der Waals surface area contributed by atoms with Gasteiger partial charge in [-0.05, 0) is 49.2 Å². The summed E-state index contributed by atoms with van der Waals surface area (Å²) < 4.78 is 5.19. The summed E-state index contributed by atoms with van der Waals surface area (Å²) in [6, 6.07) is 17.3. The van der Waals surface area contributed by atoms with Crippen LogP contribution in [-0.2, 0) is 9.59 Å². The predicted octanol–water partition coefficient (Wildman–Crippen LogP) is 3.03.